The van der Waals surface area contributed by atoms with E-state index in [1.165, 1.54) is 11.6 Å². The van der Waals surface area contributed by atoms with Crippen LogP contribution in [0.2, 0.25) is 5.02 Å². The molecule has 19 heavy (non-hydrogen) atoms. The number of halogens is 2. The highest BCUT2D eigenvalue weighted by Gasteiger charge is 2.13. The van der Waals surface area contributed by atoms with Gasteiger partial charge in [-0.15, -0.1) is 0 Å². The lowest BCUT2D eigenvalue weighted by molar-refractivity contribution is 0.622. The fourth-order valence-electron chi connectivity index (χ4n) is 2.29. The van der Waals surface area contributed by atoms with Gasteiger partial charge in [-0.1, -0.05) is 47.5 Å². The smallest absolute Gasteiger partial charge is 0.142 e. The van der Waals surface area contributed by atoms with Crippen molar-refractivity contribution in [3.8, 4) is 0 Å². The van der Waals surface area contributed by atoms with Gasteiger partial charge in [-0.2, -0.15) is 0 Å². The van der Waals surface area contributed by atoms with Crippen molar-refractivity contribution in [2.75, 3.05) is 0 Å². The van der Waals surface area contributed by atoms with Gasteiger partial charge in [-0.25, -0.2) is 4.39 Å². The van der Waals surface area contributed by atoms with Gasteiger partial charge in [-0.05, 0) is 43.0 Å². The van der Waals surface area contributed by atoms with Crippen LogP contribution in [-0.2, 0) is 6.42 Å². The molecule has 0 aromatic heterocycles. The lowest BCUT2D eigenvalue weighted by atomic mass is 9.95. The van der Waals surface area contributed by atoms with Gasteiger partial charge < -0.3 is 5.73 Å². The minimum Gasteiger partial charge on any atom is -0.324 e. The lowest BCUT2D eigenvalue weighted by Gasteiger charge is -2.16. The maximum Gasteiger partial charge on any atom is 0.142 e. The molecule has 100 valence electrons. The van der Waals surface area contributed by atoms with Crippen LogP contribution in [0.1, 0.15) is 28.3 Å². The van der Waals surface area contributed by atoms with Gasteiger partial charge in [0.25, 0.3) is 0 Å². The van der Waals surface area contributed by atoms with E-state index in [1.54, 1.807) is 6.07 Å². The molecule has 0 saturated heterocycles. The van der Waals surface area contributed by atoms with Crippen LogP contribution in [0.25, 0.3) is 0 Å². The molecule has 0 saturated carbocycles. The highest BCUT2D eigenvalue weighted by molar-refractivity contribution is 6.31. The minimum absolute atomic E-state index is 0.169. The Kier molecular flexibility index (Phi) is 4.23. The van der Waals surface area contributed by atoms with Crippen molar-refractivity contribution in [1.82, 2.24) is 0 Å². The van der Waals surface area contributed by atoms with E-state index in [0.29, 0.717) is 6.42 Å². The average molecular weight is 278 g/mol. The first-order valence-corrected chi connectivity index (χ1v) is 6.62. The molecule has 0 heterocycles. The Hall–Kier alpha value is -1.38. The van der Waals surface area contributed by atoms with Gasteiger partial charge in [0.2, 0.25) is 0 Å². The minimum atomic E-state index is -0.396. The summed E-state index contributed by atoms with van der Waals surface area (Å²) in [6.45, 7) is 4.08. The molecule has 0 aliphatic heterocycles. The summed E-state index contributed by atoms with van der Waals surface area (Å²) in [5.74, 6) is -0.396. The summed E-state index contributed by atoms with van der Waals surface area (Å²) in [6, 6.07) is 10.8. The SMILES string of the molecule is Cc1ccc(C(N)Cc2cccc(F)c2Cl)c(C)c1. The molecule has 1 atom stereocenters. The fourth-order valence-corrected chi connectivity index (χ4v) is 2.50. The maximum absolute atomic E-state index is 13.4. The van der Waals surface area contributed by atoms with E-state index >= 15 is 0 Å². The van der Waals surface area contributed by atoms with Crippen molar-refractivity contribution in [2.45, 2.75) is 26.3 Å². The molecule has 0 radical (unpaired) electrons. The molecule has 3 heteroatoms. The van der Waals surface area contributed by atoms with Crippen LogP contribution in [-0.4, -0.2) is 0 Å². The van der Waals surface area contributed by atoms with Crippen molar-refractivity contribution in [1.29, 1.82) is 0 Å². The van der Waals surface area contributed by atoms with Crippen LogP contribution >= 0.6 is 11.6 Å². The summed E-state index contributed by atoms with van der Waals surface area (Å²) >= 11 is 5.96. The largest absolute Gasteiger partial charge is 0.324 e. The molecule has 2 aromatic rings. The van der Waals surface area contributed by atoms with E-state index in [0.717, 1.165) is 16.7 Å². The number of nitrogens with two attached hydrogens (primary N) is 1. The third-order valence-electron chi connectivity index (χ3n) is 3.30. The van der Waals surface area contributed by atoms with Crippen molar-refractivity contribution in [3.05, 3.63) is 69.5 Å². The molecule has 1 nitrogen and oxygen atoms in total. The van der Waals surface area contributed by atoms with Gasteiger partial charge in [0.1, 0.15) is 5.82 Å². The normalized spacial score (nSPS) is 12.5. The van der Waals surface area contributed by atoms with Gasteiger partial charge >= 0.3 is 0 Å². The Morgan fingerprint density at radius 1 is 1.21 bits per heavy atom. The van der Waals surface area contributed by atoms with Crippen molar-refractivity contribution in [3.63, 3.8) is 0 Å². The number of aryl methyl sites for hydroxylation is 2. The van der Waals surface area contributed by atoms with Crippen LogP contribution < -0.4 is 5.73 Å². The average Bonchev–Trinajstić information content (AvgIpc) is 2.34. The summed E-state index contributed by atoms with van der Waals surface area (Å²) in [4.78, 5) is 0. The van der Waals surface area contributed by atoms with E-state index in [1.807, 2.05) is 32.0 Å². The zero-order valence-corrected chi connectivity index (χ0v) is 11.8. The molecule has 2 N–H and O–H groups in total. The van der Waals surface area contributed by atoms with Crippen molar-refractivity contribution in [2.24, 2.45) is 5.73 Å². The van der Waals surface area contributed by atoms with Crippen molar-refractivity contribution >= 4 is 11.6 Å². The molecular formula is C16H17ClFN. The Morgan fingerprint density at radius 3 is 2.63 bits per heavy atom. The van der Waals surface area contributed by atoms with Crippen molar-refractivity contribution < 1.29 is 4.39 Å². The van der Waals surface area contributed by atoms with Crippen LogP contribution in [0.15, 0.2) is 36.4 Å². The molecule has 2 aromatic carbocycles. The zero-order valence-electron chi connectivity index (χ0n) is 11.1. The van der Waals surface area contributed by atoms with Crippen LogP contribution in [0.3, 0.4) is 0 Å². The maximum atomic E-state index is 13.4. The Bertz CT molecular complexity index is 595. The summed E-state index contributed by atoms with van der Waals surface area (Å²) in [5.41, 5.74) is 10.4. The summed E-state index contributed by atoms with van der Waals surface area (Å²) in [6.07, 6.45) is 0.528. The second-order valence-corrected chi connectivity index (χ2v) is 5.26. The van der Waals surface area contributed by atoms with Crippen LogP contribution in [0.5, 0.6) is 0 Å². The van der Waals surface area contributed by atoms with E-state index in [4.69, 9.17) is 17.3 Å². The van der Waals surface area contributed by atoms with E-state index in [9.17, 15) is 4.39 Å². The third-order valence-corrected chi connectivity index (χ3v) is 3.72. The first kappa shape index (κ1) is 14.0. The topological polar surface area (TPSA) is 26.0 Å². The second-order valence-electron chi connectivity index (χ2n) is 4.88. The predicted octanol–water partition coefficient (Wildman–Crippen LogP) is 4.34. The number of hydrogen-bond donors (Lipinski definition) is 1. The quantitative estimate of drug-likeness (QED) is 0.887. The standard InChI is InChI=1S/C16H17ClFN/c1-10-6-7-13(11(2)8-10)15(19)9-12-4-3-5-14(18)16(12)17/h3-8,15H,9,19H2,1-2H3. The van der Waals surface area contributed by atoms with Gasteiger partial charge in [0.15, 0.2) is 0 Å². The predicted molar refractivity (Wildman–Crippen MR) is 78.0 cm³/mol. The first-order chi connectivity index (χ1) is 8.99. The number of benzene rings is 2. The molecule has 2 rings (SSSR count). The number of rotatable bonds is 3. The number of hydrogen-bond acceptors (Lipinski definition) is 1. The summed E-state index contributed by atoms with van der Waals surface area (Å²) in [5, 5.41) is 0.169. The highest BCUT2D eigenvalue weighted by atomic mass is 35.5. The monoisotopic (exact) mass is 277 g/mol. The zero-order chi connectivity index (χ0) is 14.0. The second kappa shape index (κ2) is 5.72. The summed E-state index contributed by atoms with van der Waals surface area (Å²) in [7, 11) is 0. The van der Waals surface area contributed by atoms with E-state index < -0.39 is 5.82 Å². The highest BCUT2D eigenvalue weighted by Crippen LogP contribution is 2.26. The molecule has 0 amide bonds. The molecular weight excluding hydrogens is 261 g/mol. The van der Waals surface area contributed by atoms with Crippen LogP contribution in [0.4, 0.5) is 4.39 Å². The van der Waals surface area contributed by atoms with Gasteiger partial charge in [0, 0.05) is 6.04 Å². The Balaban J connectivity index is 2.25. The molecule has 0 bridgehead atoms. The first-order valence-electron chi connectivity index (χ1n) is 6.24. The van der Waals surface area contributed by atoms with Crippen LogP contribution in [0, 0.1) is 19.7 Å². The van der Waals surface area contributed by atoms with Gasteiger partial charge in [-0.3, -0.25) is 0 Å². The lowest BCUT2D eigenvalue weighted by Crippen LogP contribution is -2.15. The Labute approximate surface area is 118 Å². The Morgan fingerprint density at radius 2 is 1.95 bits per heavy atom. The fraction of sp³-hybridized carbons (Fsp3) is 0.250. The molecule has 0 spiro atoms. The van der Waals surface area contributed by atoms with Gasteiger partial charge in [0.05, 0.1) is 5.02 Å². The molecule has 1 unspecified atom stereocenters. The molecule has 0 aliphatic rings. The third kappa shape index (κ3) is 3.14. The summed E-state index contributed by atoms with van der Waals surface area (Å²) < 4.78 is 13.4. The molecule has 0 fully saturated rings. The molecule has 0 aliphatic carbocycles. The van der Waals surface area contributed by atoms with E-state index in [2.05, 4.69) is 6.07 Å². The van der Waals surface area contributed by atoms with E-state index in [-0.39, 0.29) is 11.1 Å².